The molecule has 1 unspecified atom stereocenters. The van der Waals surface area contributed by atoms with Gasteiger partial charge in [0, 0.05) is 31.9 Å². The maximum atomic E-state index is 11.6. The summed E-state index contributed by atoms with van der Waals surface area (Å²) in [5.41, 5.74) is 1.12. The Bertz CT molecular complexity index is 808. The van der Waals surface area contributed by atoms with Crippen LogP contribution in [0.15, 0.2) is 34.2 Å². The molecule has 1 saturated heterocycles. The summed E-state index contributed by atoms with van der Waals surface area (Å²) in [6.45, 7) is 7.03. The summed E-state index contributed by atoms with van der Waals surface area (Å²) in [5.74, 6) is 1.76. The zero-order valence-corrected chi connectivity index (χ0v) is 22.8. The normalized spacial score (nSPS) is 20.7. The molecule has 32 heavy (non-hydrogen) atoms. The Hall–Kier alpha value is -0.870. The van der Waals surface area contributed by atoms with Gasteiger partial charge >= 0.3 is 0 Å². The average molecular weight is 577 g/mol. The number of hydrogen-bond donors (Lipinski definition) is 2. The van der Waals surface area contributed by atoms with Crippen molar-refractivity contribution in [2.75, 3.05) is 39.0 Å². The van der Waals surface area contributed by atoms with Crippen molar-refractivity contribution in [1.82, 2.24) is 15.5 Å². The van der Waals surface area contributed by atoms with Gasteiger partial charge in [0.1, 0.15) is 0 Å². The quantitative estimate of drug-likeness (QED) is 0.266. The van der Waals surface area contributed by atoms with Crippen LogP contribution in [-0.2, 0) is 16.3 Å². The van der Waals surface area contributed by atoms with Gasteiger partial charge in [0.05, 0.1) is 11.4 Å². The van der Waals surface area contributed by atoms with E-state index in [9.17, 15) is 8.42 Å². The molecule has 1 aromatic carbocycles. The van der Waals surface area contributed by atoms with Crippen molar-refractivity contribution in [3.63, 3.8) is 0 Å². The van der Waals surface area contributed by atoms with Crippen molar-refractivity contribution in [3.8, 4) is 0 Å². The summed E-state index contributed by atoms with van der Waals surface area (Å²) in [5, 5.41) is 6.80. The lowest BCUT2D eigenvalue weighted by molar-refractivity contribution is 0.191. The number of nitrogens with zero attached hydrogens (tertiary/aromatic N) is 2. The molecule has 1 aliphatic heterocycles. The number of halogens is 1. The van der Waals surface area contributed by atoms with Crippen LogP contribution in [0, 0.1) is 5.92 Å². The van der Waals surface area contributed by atoms with Gasteiger partial charge in [0.25, 0.3) is 0 Å². The minimum atomic E-state index is -3.14. The third-order valence-corrected chi connectivity index (χ3v) is 7.71. The Labute approximate surface area is 212 Å². The first-order chi connectivity index (χ1) is 15.0. The van der Waals surface area contributed by atoms with Crippen molar-refractivity contribution in [1.29, 1.82) is 0 Å². The Morgan fingerprint density at radius 2 is 1.78 bits per heavy atom. The zero-order valence-electron chi connectivity index (χ0n) is 19.7. The molecule has 6 nitrogen and oxygen atoms in total. The molecule has 182 valence electrons. The van der Waals surface area contributed by atoms with E-state index in [1.807, 2.05) is 12.1 Å². The smallest absolute Gasteiger partial charge is 0.191 e. The first-order valence-electron chi connectivity index (χ1n) is 12.0. The highest BCUT2D eigenvalue weighted by Gasteiger charge is 2.27. The Kier molecular flexibility index (Phi) is 11.8. The number of rotatable bonds is 9. The van der Waals surface area contributed by atoms with Crippen LogP contribution in [0.5, 0.6) is 0 Å². The molecule has 0 radical (unpaired) electrons. The summed E-state index contributed by atoms with van der Waals surface area (Å²) in [7, 11) is -3.14. The monoisotopic (exact) mass is 576 g/mol. The Balaban J connectivity index is 0.00000363. The molecule has 2 fully saturated rings. The van der Waals surface area contributed by atoms with Gasteiger partial charge in [0.15, 0.2) is 15.8 Å². The van der Waals surface area contributed by atoms with Gasteiger partial charge in [-0.15, -0.1) is 24.0 Å². The van der Waals surface area contributed by atoms with Crippen molar-refractivity contribution < 1.29 is 8.42 Å². The summed E-state index contributed by atoms with van der Waals surface area (Å²) in [6, 6.07) is 7.73. The van der Waals surface area contributed by atoms with Crippen LogP contribution in [-0.4, -0.2) is 64.3 Å². The SMILES string of the molecule is CCNC(=NCC1CCCN1CC1CCCCC1)NCCc1ccc(S(C)(=O)=O)cc1.I. The van der Waals surface area contributed by atoms with Crippen LogP contribution < -0.4 is 10.6 Å². The van der Waals surface area contributed by atoms with E-state index in [0.717, 1.165) is 43.5 Å². The van der Waals surface area contributed by atoms with Gasteiger partial charge in [-0.2, -0.15) is 0 Å². The van der Waals surface area contributed by atoms with Crippen LogP contribution in [0.25, 0.3) is 0 Å². The molecule has 2 aliphatic rings. The second kappa shape index (κ2) is 13.7. The van der Waals surface area contributed by atoms with E-state index < -0.39 is 9.84 Å². The van der Waals surface area contributed by atoms with E-state index in [2.05, 4.69) is 22.5 Å². The minimum absolute atomic E-state index is 0. The first kappa shape index (κ1) is 27.4. The van der Waals surface area contributed by atoms with Crippen LogP contribution in [0.2, 0.25) is 0 Å². The number of nitrogens with one attached hydrogen (secondary N) is 2. The number of aliphatic imine (C=N–C) groups is 1. The second-order valence-electron chi connectivity index (χ2n) is 9.11. The van der Waals surface area contributed by atoms with Gasteiger partial charge in [-0.1, -0.05) is 31.4 Å². The molecule has 1 saturated carbocycles. The van der Waals surface area contributed by atoms with Crippen molar-refractivity contribution in [2.45, 2.75) is 69.2 Å². The summed E-state index contributed by atoms with van der Waals surface area (Å²) in [6.07, 6.45) is 11.7. The van der Waals surface area contributed by atoms with E-state index in [1.54, 1.807) is 12.1 Å². The van der Waals surface area contributed by atoms with Crippen molar-refractivity contribution >= 4 is 39.8 Å². The maximum absolute atomic E-state index is 11.6. The second-order valence-corrected chi connectivity index (χ2v) is 11.1. The highest BCUT2D eigenvalue weighted by molar-refractivity contribution is 14.0. The largest absolute Gasteiger partial charge is 0.357 e. The predicted octanol–water partition coefficient (Wildman–Crippen LogP) is 3.85. The molecule has 0 bridgehead atoms. The number of hydrogen-bond acceptors (Lipinski definition) is 4. The lowest BCUT2D eigenvalue weighted by Gasteiger charge is -2.30. The number of benzene rings is 1. The maximum Gasteiger partial charge on any atom is 0.191 e. The third-order valence-electron chi connectivity index (χ3n) is 6.58. The van der Waals surface area contributed by atoms with E-state index in [0.29, 0.717) is 10.9 Å². The van der Waals surface area contributed by atoms with E-state index in [4.69, 9.17) is 4.99 Å². The van der Waals surface area contributed by atoms with Crippen molar-refractivity contribution in [3.05, 3.63) is 29.8 Å². The number of sulfone groups is 1. The molecular formula is C24H41IN4O2S. The zero-order chi connectivity index (χ0) is 22.1. The van der Waals surface area contributed by atoms with Gasteiger partial charge in [0.2, 0.25) is 0 Å². The molecule has 0 amide bonds. The number of likely N-dealkylation sites (tertiary alicyclic amines) is 1. The lowest BCUT2D eigenvalue weighted by atomic mass is 9.89. The minimum Gasteiger partial charge on any atom is -0.357 e. The summed E-state index contributed by atoms with van der Waals surface area (Å²) >= 11 is 0. The fourth-order valence-corrected chi connectivity index (χ4v) is 5.44. The van der Waals surface area contributed by atoms with E-state index >= 15 is 0 Å². The van der Waals surface area contributed by atoms with Crippen molar-refractivity contribution in [2.24, 2.45) is 10.9 Å². The highest BCUT2D eigenvalue weighted by atomic mass is 127. The summed E-state index contributed by atoms with van der Waals surface area (Å²) < 4.78 is 23.2. The molecule has 1 atom stereocenters. The fourth-order valence-electron chi connectivity index (χ4n) is 4.81. The molecule has 1 aromatic rings. The molecule has 8 heteroatoms. The molecular weight excluding hydrogens is 535 g/mol. The molecule has 0 aromatic heterocycles. The van der Waals surface area contributed by atoms with E-state index in [-0.39, 0.29) is 24.0 Å². The molecule has 0 spiro atoms. The Morgan fingerprint density at radius 1 is 1.06 bits per heavy atom. The van der Waals surface area contributed by atoms with Gasteiger partial charge in [-0.3, -0.25) is 9.89 Å². The van der Waals surface area contributed by atoms with Gasteiger partial charge in [-0.05, 0) is 69.2 Å². The number of guanidine groups is 1. The predicted molar refractivity (Wildman–Crippen MR) is 144 cm³/mol. The van der Waals surface area contributed by atoms with E-state index in [1.165, 1.54) is 64.3 Å². The molecule has 3 rings (SSSR count). The molecule has 2 N–H and O–H groups in total. The molecule has 1 heterocycles. The average Bonchev–Trinajstić information content (AvgIpc) is 3.19. The topological polar surface area (TPSA) is 73.8 Å². The van der Waals surface area contributed by atoms with Crippen LogP contribution >= 0.6 is 24.0 Å². The van der Waals surface area contributed by atoms with Gasteiger partial charge in [-0.25, -0.2) is 8.42 Å². The molecule has 1 aliphatic carbocycles. The van der Waals surface area contributed by atoms with Gasteiger partial charge < -0.3 is 10.6 Å². The standard InChI is InChI=1S/C24H40N4O2S.HI/c1-3-25-24(26-16-15-20-11-13-23(14-12-20)31(2,29)30)27-18-22-10-7-17-28(22)19-21-8-5-4-6-9-21;/h11-14,21-22H,3-10,15-19H2,1-2H3,(H2,25,26,27);1H. The third kappa shape index (κ3) is 8.82. The van der Waals surface area contributed by atoms with Crippen LogP contribution in [0.4, 0.5) is 0 Å². The van der Waals surface area contributed by atoms with Crippen LogP contribution in [0.1, 0.15) is 57.4 Å². The fraction of sp³-hybridized carbons (Fsp3) is 0.708. The van der Waals surface area contributed by atoms with Crippen LogP contribution in [0.3, 0.4) is 0 Å². The summed E-state index contributed by atoms with van der Waals surface area (Å²) in [4.78, 5) is 7.95. The lowest BCUT2D eigenvalue weighted by Crippen LogP contribution is -2.41. The first-order valence-corrected chi connectivity index (χ1v) is 13.9. The Morgan fingerprint density at radius 3 is 2.44 bits per heavy atom. The highest BCUT2D eigenvalue weighted by Crippen LogP contribution is 2.27.